The smallest absolute Gasteiger partial charge is 0.321 e. The SMILES string of the molecule is CN(C)C(=O)[C@]12CCCN(C(=O)Nc3ccccc3)C[C@@H]1CN(Cc1cnn(C)c1)C2. The molecule has 3 heterocycles. The molecule has 0 aliphatic carbocycles. The maximum atomic E-state index is 13.4. The molecule has 8 nitrogen and oxygen atoms in total. The molecule has 3 amide bonds. The van der Waals surface area contributed by atoms with E-state index in [1.807, 2.05) is 68.8 Å². The summed E-state index contributed by atoms with van der Waals surface area (Å²) in [6.45, 7) is 3.53. The lowest BCUT2D eigenvalue weighted by molar-refractivity contribution is -0.141. The zero-order chi connectivity index (χ0) is 22.0. The number of urea groups is 1. The second kappa shape index (κ2) is 8.70. The molecule has 1 N–H and O–H groups in total. The topological polar surface area (TPSA) is 73.7 Å². The lowest BCUT2D eigenvalue weighted by Gasteiger charge is -2.35. The number of anilines is 1. The number of aryl methyl sites for hydroxylation is 1. The van der Waals surface area contributed by atoms with Crippen LogP contribution < -0.4 is 5.32 Å². The van der Waals surface area contributed by atoms with Crippen molar-refractivity contribution in [3.8, 4) is 0 Å². The fourth-order valence-electron chi connectivity index (χ4n) is 5.17. The highest BCUT2D eigenvalue weighted by Gasteiger charge is 2.53. The summed E-state index contributed by atoms with van der Waals surface area (Å²) in [7, 11) is 5.59. The number of rotatable bonds is 4. The summed E-state index contributed by atoms with van der Waals surface area (Å²) in [6.07, 6.45) is 5.52. The molecule has 1 aromatic carbocycles. The van der Waals surface area contributed by atoms with Crippen molar-refractivity contribution in [3.63, 3.8) is 0 Å². The number of carbonyl (C=O) groups is 2. The zero-order valence-corrected chi connectivity index (χ0v) is 18.6. The van der Waals surface area contributed by atoms with Gasteiger partial charge < -0.3 is 15.1 Å². The second-order valence-corrected chi connectivity index (χ2v) is 9.09. The first kappa shape index (κ1) is 21.4. The minimum absolute atomic E-state index is 0.0926. The number of hydrogen-bond acceptors (Lipinski definition) is 4. The van der Waals surface area contributed by atoms with Crippen LogP contribution in [0.2, 0.25) is 0 Å². The molecule has 166 valence electrons. The van der Waals surface area contributed by atoms with Gasteiger partial charge >= 0.3 is 6.03 Å². The van der Waals surface area contributed by atoms with E-state index in [0.29, 0.717) is 13.1 Å². The van der Waals surface area contributed by atoms with E-state index in [1.165, 1.54) is 0 Å². The van der Waals surface area contributed by atoms with Gasteiger partial charge in [-0.1, -0.05) is 18.2 Å². The van der Waals surface area contributed by atoms with Crippen LogP contribution in [0.1, 0.15) is 18.4 Å². The monoisotopic (exact) mass is 424 g/mol. The molecular formula is C23H32N6O2. The van der Waals surface area contributed by atoms with E-state index < -0.39 is 5.41 Å². The summed E-state index contributed by atoms with van der Waals surface area (Å²) in [6, 6.07) is 9.43. The molecule has 2 aliphatic heterocycles. The average molecular weight is 425 g/mol. The molecule has 2 saturated heterocycles. The van der Waals surface area contributed by atoms with Crippen LogP contribution in [-0.4, -0.2) is 76.7 Å². The van der Waals surface area contributed by atoms with Crippen LogP contribution in [0.5, 0.6) is 0 Å². The standard InChI is InChI=1S/C23H32N6O2/c1-26(2)21(30)23-10-7-11-29(22(31)25-20-8-5-4-6-9-20)16-19(23)15-28(17-23)14-18-12-24-27(3)13-18/h4-6,8-9,12-13,19H,7,10-11,14-17H2,1-3H3,(H,25,31)/t19-,23-/m0/s1. The number of carbonyl (C=O) groups excluding carboxylic acids is 2. The molecule has 2 fully saturated rings. The number of nitrogens with zero attached hydrogens (tertiary/aromatic N) is 5. The minimum Gasteiger partial charge on any atom is -0.348 e. The molecule has 8 heteroatoms. The molecule has 2 aromatic rings. The van der Waals surface area contributed by atoms with Crippen molar-refractivity contribution in [3.05, 3.63) is 48.3 Å². The van der Waals surface area contributed by atoms with Crippen molar-refractivity contribution in [1.29, 1.82) is 0 Å². The lowest BCUT2D eigenvalue weighted by Crippen LogP contribution is -2.48. The Labute approximate surface area is 183 Å². The quantitative estimate of drug-likeness (QED) is 0.817. The fraction of sp³-hybridized carbons (Fsp3) is 0.522. The van der Waals surface area contributed by atoms with Crippen molar-refractivity contribution >= 4 is 17.6 Å². The number of likely N-dealkylation sites (tertiary alicyclic amines) is 2. The number of amides is 3. The largest absolute Gasteiger partial charge is 0.348 e. The van der Waals surface area contributed by atoms with Gasteiger partial charge in [-0.15, -0.1) is 0 Å². The molecule has 0 bridgehead atoms. The van der Waals surface area contributed by atoms with E-state index in [-0.39, 0.29) is 17.9 Å². The molecule has 2 aliphatic rings. The fourth-order valence-corrected chi connectivity index (χ4v) is 5.17. The zero-order valence-electron chi connectivity index (χ0n) is 18.6. The Hall–Kier alpha value is -2.87. The molecule has 4 rings (SSSR count). The molecule has 0 unspecified atom stereocenters. The van der Waals surface area contributed by atoms with Gasteiger partial charge in [0, 0.05) is 77.2 Å². The summed E-state index contributed by atoms with van der Waals surface area (Å²) in [5.74, 6) is 0.277. The van der Waals surface area contributed by atoms with Crippen LogP contribution in [0.15, 0.2) is 42.7 Å². The van der Waals surface area contributed by atoms with Crippen molar-refractivity contribution in [2.75, 3.05) is 45.6 Å². The number of nitrogens with one attached hydrogen (secondary N) is 1. The van der Waals surface area contributed by atoms with E-state index in [2.05, 4.69) is 15.3 Å². The third-order valence-corrected chi connectivity index (χ3v) is 6.57. The minimum atomic E-state index is -0.451. The van der Waals surface area contributed by atoms with E-state index in [0.717, 1.165) is 43.7 Å². The van der Waals surface area contributed by atoms with Gasteiger partial charge in [0.15, 0.2) is 0 Å². The Morgan fingerprint density at radius 2 is 2.00 bits per heavy atom. The van der Waals surface area contributed by atoms with Gasteiger partial charge in [0.1, 0.15) is 0 Å². The third kappa shape index (κ3) is 4.44. The van der Waals surface area contributed by atoms with Gasteiger partial charge in [-0.3, -0.25) is 14.4 Å². The summed E-state index contributed by atoms with van der Waals surface area (Å²) in [5, 5.41) is 7.28. The lowest BCUT2D eigenvalue weighted by atomic mass is 9.74. The Balaban J connectivity index is 1.53. The summed E-state index contributed by atoms with van der Waals surface area (Å²) < 4.78 is 1.81. The van der Waals surface area contributed by atoms with Crippen molar-refractivity contribution in [1.82, 2.24) is 24.5 Å². The number of aromatic nitrogens is 2. The van der Waals surface area contributed by atoms with Crippen LogP contribution in [0.4, 0.5) is 10.5 Å². The Kier molecular flexibility index (Phi) is 6.00. The second-order valence-electron chi connectivity index (χ2n) is 9.09. The van der Waals surface area contributed by atoms with Crippen LogP contribution >= 0.6 is 0 Å². The van der Waals surface area contributed by atoms with E-state index in [9.17, 15) is 9.59 Å². The first-order valence-electron chi connectivity index (χ1n) is 10.9. The molecule has 2 atom stereocenters. The molecular weight excluding hydrogens is 392 g/mol. The van der Waals surface area contributed by atoms with Crippen LogP contribution in [0, 0.1) is 11.3 Å². The summed E-state index contributed by atoms with van der Waals surface area (Å²) in [5.41, 5.74) is 1.48. The predicted octanol–water partition coefficient (Wildman–Crippen LogP) is 2.25. The van der Waals surface area contributed by atoms with Crippen LogP contribution in [0.3, 0.4) is 0 Å². The van der Waals surface area contributed by atoms with Crippen molar-refractivity contribution < 1.29 is 9.59 Å². The Morgan fingerprint density at radius 3 is 2.68 bits per heavy atom. The molecule has 31 heavy (non-hydrogen) atoms. The number of benzene rings is 1. The molecule has 0 saturated carbocycles. The Morgan fingerprint density at radius 1 is 1.23 bits per heavy atom. The van der Waals surface area contributed by atoms with Gasteiger partial charge in [0.2, 0.25) is 5.91 Å². The first-order valence-corrected chi connectivity index (χ1v) is 10.9. The van der Waals surface area contributed by atoms with E-state index >= 15 is 0 Å². The van der Waals surface area contributed by atoms with Gasteiger partial charge in [-0.25, -0.2) is 4.79 Å². The maximum Gasteiger partial charge on any atom is 0.321 e. The first-order chi connectivity index (χ1) is 14.9. The number of fused-ring (bicyclic) bond motifs is 1. The maximum absolute atomic E-state index is 13.4. The number of hydrogen-bond donors (Lipinski definition) is 1. The van der Waals surface area contributed by atoms with E-state index in [4.69, 9.17) is 0 Å². The molecule has 0 radical (unpaired) electrons. The predicted molar refractivity (Wildman–Crippen MR) is 119 cm³/mol. The highest BCUT2D eigenvalue weighted by molar-refractivity contribution is 5.89. The van der Waals surface area contributed by atoms with E-state index in [1.54, 1.807) is 9.58 Å². The van der Waals surface area contributed by atoms with Gasteiger partial charge in [-0.05, 0) is 25.0 Å². The van der Waals surface area contributed by atoms with Gasteiger partial charge in [0.05, 0.1) is 11.6 Å². The number of para-hydroxylation sites is 1. The average Bonchev–Trinajstić information content (AvgIpc) is 3.25. The highest BCUT2D eigenvalue weighted by Crippen LogP contribution is 2.44. The van der Waals surface area contributed by atoms with Crippen LogP contribution in [-0.2, 0) is 18.4 Å². The van der Waals surface area contributed by atoms with Crippen LogP contribution in [0.25, 0.3) is 0 Å². The van der Waals surface area contributed by atoms with Gasteiger partial charge in [0.25, 0.3) is 0 Å². The third-order valence-electron chi connectivity index (χ3n) is 6.57. The normalized spacial score (nSPS) is 23.8. The summed E-state index contributed by atoms with van der Waals surface area (Å²) >= 11 is 0. The summed E-state index contributed by atoms with van der Waals surface area (Å²) in [4.78, 5) is 32.3. The molecule has 1 aromatic heterocycles. The highest BCUT2D eigenvalue weighted by atomic mass is 16.2. The van der Waals surface area contributed by atoms with Crippen molar-refractivity contribution in [2.45, 2.75) is 19.4 Å². The van der Waals surface area contributed by atoms with Gasteiger partial charge in [-0.2, -0.15) is 5.10 Å². The van der Waals surface area contributed by atoms with Crippen molar-refractivity contribution in [2.24, 2.45) is 18.4 Å². The molecule has 0 spiro atoms. The Bertz CT molecular complexity index is 927.